The zero-order valence-corrected chi connectivity index (χ0v) is 9.40. The molecule has 3 atom stereocenters. The molecule has 0 saturated heterocycles. The Morgan fingerprint density at radius 3 is 2.14 bits per heavy atom. The summed E-state index contributed by atoms with van der Waals surface area (Å²) in [7, 11) is 0. The summed E-state index contributed by atoms with van der Waals surface area (Å²) in [5, 5.41) is 18.1. The van der Waals surface area contributed by atoms with Gasteiger partial charge in [0, 0.05) is 12.1 Å². The van der Waals surface area contributed by atoms with Gasteiger partial charge in [-0.05, 0) is 27.3 Å². The first-order valence-corrected chi connectivity index (χ1v) is 5.05. The smallest absolute Gasteiger partial charge is 0.304 e. The molecule has 0 rings (SSSR count). The Morgan fingerprint density at radius 2 is 1.86 bits per heavy atom. The number of nitrogens with zero attached hydrogens (tertiary/aromatic N) is 1. The van der Waals surface area contributed by atoms with E-state index in [1.54, 1.807) is 6.92 Å². The van der Waals surface area contributed by atoms with Crippen LogP contribution in [-0.4, -0.2) is 45.8 Å². The molecule has 0 radical (unpaired) electrons. The lowest BCUT2D eigenvalue weighted by Gasteiger charge is -2.34. The van der Waals surface area contributed by atoms with Crippen LogP contribution in [0.25, 0.3) is 0 Å². The van der Waals surface area contributed by atoms with Gasteiger partial charge in [-0.2, -0.15) is 0 Å². The molecule has 4 nitrogen and oxygen atoms in total. The van der Waals surface area contributed by atoms with Crippen LogP contribution in [0.15, 0.2) is 0 Å². The Kier molecular flexibility index (Phi) is 5.72. The van der Waals surface area contributed by atoms with Gasteiger partial charge in [0.25, 0.3) is 0 Å². The Morgan fingerprint density at radius 1 is 1.36 bits per heavy atom. The van der Waals surface area contributed by atoms with Gasteiger partial charge in [0.15, 0.2) is 0 Å². The molecule has 3 unspecified atom stereocenters. The lowest BCUT2D eigenvalue weighted by molar-refractivity contribution is -0.138. The summed E-state index contributed by atoms with van der Waals surface area (Å²) in [6, 6.07) is -0.0450. The second-order valence-corrected chi connectivity index (χ2v) is 3.76. The van der Waals surface area contributed by atoms with Crippen LogP contribution >= 0.6 is 0 Å². The van der Waals surface area contributed by atoms with Gasteiger partial charge < -0.3 is 10.2 Å². The van der Waals surface area contributed by atoms with Gasteiger partial charge in [0.2, 0.25) is 0 Å². The molecule has 84 valence electrons. The molecule has 0 aliphatic carbocycles. The van der Waals surface area contributed by atoms with Gasteiger partial charge >= 0.3 is 5.97 Å². The van der Waals surface area contributed by atoms with Crippen LogP contribution in [0, 0.1) is 0 Å². The normalized spacial score (nSPS) is 17.9. The van der Waals surface area contributed by atoms with E-state index < -0.39 is 12.1 Å². The minimum atomic E-state index is -0.797. The van der Waals surface area contributed by atoms with Crippen LogP contribution in [0.2, 0.25) is 0 Å². The standard InChI is InChI=1S/C10H21NO3/c1-5-11(8(3)9(4)12)7(2)6-10(13)14/h7-9,12H,5-6H2,1-4H3,(H,13,14). The van der Waals surface area contributed by atoms with Crippen molar-refractivity contribution in [2.45, 2.75) is 52.3 Å². The van der Waals surface area contributed by atoms with Crippen LogP contribution in [0.5, 0.6) is 0 Å². The van der Waals surface area contributed by atoms with Crippen LogP contribution in [0.3, 0.4) is 0 Å². The number of aliphatic hydroxyl groups excluding tert-OH is 1. The minimum absolute atomic E-state index is 0.00523. The van der Waals surface area contributed by atoms with Crippen molar-refractivity contribution in [2.24, 2.45) is 0 Å². The van der Waals surface area contributed by atoms with Crippen molar-refractivity contribution in [3.05, 3.63) is 0 Å². The third-order valence-electron chi connectivity index (χ3n) is 2.62. The van der Waals surface area contributed by atoms with Gasteiger partial charge in [0.1, 0.15) is 0 Å². The molecule has 0 aliphatic rings. The Balaban J connectivity index is 4.31. The summed E-state index contributed by atoms with van der Waals surface area (Å²) >= 11 is 0. The van der Waals surface area contributed by atoms with E-state index in [0.29, 0.717) is 0 Å². The molecule has 4 heteroatoms. The van der Waals surface area contributed by atoms with E-state index in [-0.39, 0.29) is 18.5 Å². The SMILES string of the molecule is CCN(C(C)CC(=O)O)C(C)C(C)O. The largest absolute Gasteiger partial charge is 0.481 e. The molecule has 0 aliphatic heterocycles. The van der Waals surface area contributed by atoms with E-state index in [1.807, 2.05) is 25.7 Å². The number of likely N-dealkylation sites (N-methyl/N-ethyl adjacent to an activating group) is 1. The highest BCUT2D eigenvalue weighted by Crippen LogP contribution is 2.11. The van der Waals surface area contributed by atoms with Crippen molar-refractivity contribution in [3.63, 3.8) is 0 Å². The zero-order valence-electron chi connectivity index (χ0n) is 9.40. The fourth-order valence-electron chi connectivity index (χ4n) is 1.65. The van der Waals surface area contributed by atoms with Crippen molar-refractivity contribution in [1.29, 1.82) is 0 Å². The van der Waals surface area contributed by atoms with Crippen LogP contribution < -0.4 is 0 Å². The predicted octanol–water partition coefficient (Wildman–Crippen LogP) is 0.941. The topological polar surface area (TPSA) is 60.8 Å². The van der Waals surface area contributed by atoms with Gasteiger partial charge in [-0.1, -0.05) is 6.92 Å². The molecule has 0 fully saturated rings. The number of hydrogen-bond donors (Lipinski definition) is 2. The maximum atomic E-state index is 10.5. The molecular weight excluding hydrogens is 182 g/mol. The summed E-state index contributed by atoms with van der Waals surface area (Å²) < 4.78 is 0. The summed E-state index contributed by atoms with van der Waals surface area (Å²) in [6.07, 6.45) is -0.323. The summed E-state index contributed by atoms with van der Waals surface area (Å²) in [5.74, 6) is -0.797. The van der Waals surface area contributed by atoms with E-state index in [0.717, 1.165) is 6.54 Å². The molecule has 0 spiro atoms. The molecule has 0 amide bonds. The number of aliphatic carboxylic acids is 1. The minimum Gasteiger partial charge on any atom is -0.481 e. The Bertz CT molecular complexity index is 182. The van der Waals surface area contributed by atoms with E-state index in [9.17, 15) is 9.90 Å². The van der Waals surface area contributed by atoms with Crippen molar-refractivity contribution >= 4 is 5.97 Å². The number of carboxylic acid groups (broad SMARTS) is 1. The Labute approximate surface area is 85.5 Å². The van der Waals surface area contributed by atoms with Crippen molar-refractivity contribution in [1.82, 2.24) is 4.90 Å². The third kappa shape index (κ3) is 4.07. The van der Waals surface area contributed by atoms with Crippen LogP contribution in [-0.2, 0) is 4.79 Å². The third-order valence-corrected chi connectivity index (χ3v) is 2.62. The second-order valence-electron chi connectivity index (χ2n) is 3.76. The Hall–Kier alpha value is -0.610. The van der Waals surface area contributed by atoms with Crippen LogP contribution in [0.1, 0.15) is 34.1 Å². The number of aliphatic hydroxyl groups is 1. The van der Waals surface area contributed by atoms with E-state index in [2.05, 4.69) is 0 Å². The van der Waals surface area contributed by atoms with Gasteiger partial charge in [-0.3, -0.25) is 9.69 Å². The summed E-state index contributed by atoms with van der Waals surface area (Å²) in [5.41, 5.74) is 0. The molecule has 2 N–H and O–H groups in total. The first-order chi connectivity index (χ1) is 6.40. The molecule has 0 aromatic rings. The molecule has 0 aromatic heterocycles. The van der Waals surface area contributed by atoms with Crippen molar-refractivity contribution in [2.75, 3.05) is 6.54 Å². The van der Waals surface area contributed by atoms with Gasteiger partial charge in [-0.25, -0.2) is 0 Å². The molecule has 14 heavy (non-hydrogen) atoms. The van der Waals surface area contributed by atoms with E-state index in [4.69, 9.17) is 5.11 Å². The number of carboxylic acids is 1. The first-order valence-electron chi connectivity index (χ1n) is 5.05. The average Bonchev–Trinajstić information content (AvgIpc) is 2.03. The fraction of sp³-hybridized carbons (Fsp3) is 0.900. The first kappa shape index (κ1) is 13.4. The van der Waals surface area contributed by atoms with E-state index >= 15 is 0 Å². The van der Waals surface area contributed by atoms with Crippen molar-refractivity contribution in [3.8, 4) is 0 Å². The fourth-order valence-corrected chi connectivity index (χ4v) is 1.65. The second kappa shape index (κ2) is 5.98. The number of rotatable bonds is 6. The highest BCUT2D eigenvalue weighted by atomic mass is 16.4. The molecule has 0 aromatic carbocycles. The van der Waals surface area contributed by atoms with Gasteiger partial charge in [0.05, 0.1) is 12.5 Å². The van der Waals surface area contributed by atoms with E-state index in [1.165, 1.54) is 0 Å². The predicted molar refractivity (Wildman–Crippen MR) is 55.2 cm³/mol. The average molecular weight is 203 g/mol. The molecule has 0 bridgehead atoms. The number of hydrogen-bond acceptors (Lipinski definition) is 3. The molecule has 0 saturated carbocycles. The maximum absolute atomic E-state index is 10.5. The lowest BCUT2D eigenvalue weighted by atomic mass is 10.1. The quantitative estimate of drug-likeness (QED) is 0.674. The zero-order chi connectivity index (χ0) is 11.3. The molecule has 0 heterocycles. The highest BCUT2D eigenvalue weighted by Gasteiger charge is 2.23. The van der Waals surface area contributed by atoms with Gasteiger partial charge in [-0.15, -0.1) is 0 Å². The van der Waals surface area contributed by atoms with Crippen LogP contribution in [0.4, 0.5) is 0 Å². The highest BCUT2D eigenvalue weighted by molar-refractivity contribution is 5.67. The number of carbonyl (C=O) groups is 1. The lowest BCUT2D eigenvalue weighted by Crippen LogP contribution is -2.46. The summed E-state index contributed by atoms with van der Waals surface area (Å²) in [6.45, 7) is 8.22. The molecular formula is C10H21NO3. The maximum Gasteiger partial charge on any atom is 0.304 e. The van der Waals surface area contributed by atoms with Crippen molar-refractivity contribution < 1.29 is 15.0 Å². The monoisotopic (exact) mass is 203 g/mol. The summed E-state index contributed by atoms with van der Waals surface area (Å²) in [4.78, 5) is 12.5.